The van der Waals surface area contributed by atoms with Crippen LogP contribution in [0.4, 0.5) is 18.9 Å². The number of H-pyrrole nitrogens is 1. The molecular weight excluding hydrogens is 931 g/mol. The number of pyridine rings is 1. The molecule has 2 aliphatic heterocycles. The molecule has 5 N–H and O–H groups in total. The van der Waals surface area contributed by atoms with Crippen LogP contribution in [0.1, 0.15) is 76.4 Å². The molecule has 2 amide bonds. The molecule has 3 heterocycles. The van der Waals surface area contributed by atoms with Gasteiger partial charge in [0.1, 0.15) is 5.56 Å². The second-order valence-corrected chi connectivity index (χ2v) is 20.4. The average molecular weight is 985 g/mol. The zero-order valence-corrected chi connectivity index (χ0v) is 39.1. The molecule has 2 fully saturated rings. The van der Waals surface area contributed by atoms with Crippen LogP contribution in [0.15, 0.2) is 130 Å². The van der Waals surface area contributed by atoms with Crippen molar-refractivity contribution in [1.29, 1.82) is 0 Å². The maximum atomic E-state index is 13.1. The number of halogens is 4. The molecule has 1 unspecified atom stereocenters. The van der Waals surface area contributed by atoms with Crippen molar-refractivity contribution in [2.75, 3.05) is 38.0 Å². The van der Waals surface area contributed by atoms with Crippen molar-refractivity contribution in [1.82, 2.24) is 29.5 Å². The number of carbonyl (C=O) groups is 2. The van der Waals surface area contributed by atoms with Crippen molar-refractivity contribution >= 4 is 49.1 Å². The van der Waals surface area contributed by atoms with Crippen LogP contribution in [0.25, 0.3) is 0 Å². The fraction of sp³-hybridized carbons (Fsp3) is 0.340. The number of benzene rings is 4. The summed E-state index contributed by atoms with van der Waals surface area (Å²) in [5.74, 6) is -0.822. The first-order valence-electron chi connectivity index (χ1n) is 21.8. The average Bonchev–Trinajstić information content (AvgIpc) is 3.81. The smallest absolute Gasteiger partial charge is 0.348 e. The summed E-state index contributed by atoms with van der Waals surface area (Å²) in [6.45, 7) is 5.25. The standard InChI is InChI=1S/C25H23ClF3N3O3S.C22H30N4O4S/c26-20-7-3-18(4-8-20)24(33)31-21-9-11-23(12-10-21)36(34,35)32-14-13-22(16-32)30-15-17-1-5-19(6-2-17)25(27,28)29;1-2-3-12-23-18-10-14-26(15-11-18)31(29,30)19-8-6-17(7-9-19)16-25-22(28)20-5-4-13-24-21(20)27/h1-12,22,30H,13-16H2,(H,31,33);4-9,13,18,23H,2-3,10-12,14-16H2,1H3,(H,24,27)(H,25,28). The molecule has 4 aromatic carbocycles. The number of piperidine rings is 1. The van der Waals surface area contributed by atoms with Gasteiger partial charge in [-0.25, -0.2) is 16.8 Å². The monoisotopic (exact) mass is 983 g/mol. The van der Waals surface area contributed by atoms with Gasteiger partial charge in [-0.1, -0.05) is 49.2 Å². The van der Waals surface area contributed by atoms with Crippen LogP contribution >= 0.6 is 11.6 Å². The number of aromatic nitrogens is 1. The highest BCUT2D eigenvalue weighted by atomic mass is 35.5. The van der Waals surface area contributed by atoms with Gasteiger partial charge >= 0.3 is 6.18 Å². The van der Waals surface area contributed by atoms with Crippen LogP contribution in [0.5, 0.6) is 0 Å². The number of anilines is 1. The van der Waals surface area contributed by atoms with Crippen LogP contribution in [0, 0.1) is 0 Å². The number of sulfonamides is 2. The summed E-state index contributed by atoms with van der Waals surface area (Å²) in [5, 5.41) is 12.6. The Morgan fingerprint density at radius 2 is 1.28 bits per heavy atom. The summed E-state index contributed by atoms with van der Waals surface area (Å²) in [5.41, 5.74) is 1.17. The molecule has 0 saturated carbocycles. The number of amides is 2. The van der Waals surface area contributed by atoms with E-state index in [2.05, 4.69) is 33.2 Å². The van der Waals surface area contributed by atoms with Crippen molar-refractivity contribution in [3.63, 3.8) is 0 Å². The summed E-state index contributed by atoms with van der Waals surface area (Å²) in [4.78, 5) is 39.0. The number of alkyl halides is 3. The summed E-state index contributed by atoms with van der Waals surface area (Å²) in [7, 11) is -7.27. The lowest BCUT2D eigenvalue weighted by atomic mass is 10.1. The fourth-order valence-corrected chi connectivity index (χ4v) is 10.5. The first-order chi connectivity index (χ1) is 31.9. The van der Waals surface area contributed by atoms with Gasteiger partial charge in [0.05, 0.1) is 15.4 Å². The number of nitrogens with zero attached hydrogens (tertiary/aromatic N) is 2. The van der Waals surface area contributed by atoms with Gasteiger partial charge in [0.2, 0.25) is 20.0 Å². The minimum atomic E-state index is -4.38. The molecule has 0 bridgehead atoms. The van der Waals surface area contributed by atoms with E-state index in [1.54, 1.807) is 58.9 Å². The lowest BCUT2D eigenvalue weighted by molar-refractivity contribution is -0.137. The molecular formula is C47H53ClF3N7O7S2. The highest BCUT2D eigenvalue weighted by Crippen LogP contribution is 2.29. The molecule has 0 spiro atoms. The second kappa shape index (κ2) is 23.1. The summed E-state index contributed by atoms with van der Waals surface area (Å²) < 4.78 is 93.1. The number of aromatic amines is 1. The number of carbonyl (C=O) groups excluding carboxylic acids is 2. The van der Waals surface area contributed by atoms with Gasteiger partial charge in [0.15, 0.2) is 0 Å². The van der Waals surface area contributed by atoms with E-state index in [0.717, 1.165) is 49.9 Å². The Labute approximate surface area is 393 Å². The Kier molecular flexibility index (Phi) is 17.6. The van der Waals surface area contributed by atoms with Crippen LogP contribution in [0.2, 0.25) is 5.02 Å². The second-order valence-electron chi connectivity index (χ2n) is 16.1. The van der Waals surface area contributed by atoms with Gasteiger partial charge in [-0.3, -0.25) is 14.4 Å². The van der Waals surface area contributed by atoms with Crippen LogP contribution < -0.4 is 26.8 Å². The quantitative estimate of drug-likeness (QED) is 0.0648. The minimum Gasteiger partial charge on any atom is -0.348 e. The Morgan fingerprint density at radius 3 is 1.90 bits per heavy atom. The number of unbranched alkanes of at least 4 members (excludes halogenated alkanes) is 1. The predicted molar refractivity (Wildman–Crippen MR) is 251 cm³/mol. The first-order valence-corrected chi connectivity index (χ1v) is 25.0. The van der Waals surface area contributed by atoms with Crippen molar-refractivity contribution in [3.05, 3.63) is 159 Å². The third-order valence-electron chi connectivity index (χ3n) is 11.4. The topological polar surface area (TPSA) is 190 Å². The van der Waals surface area contributed by atoms with Crippen molar-refractivity contribution in [2.24, 2.45) is 0 Å². The van der Waals surface area contributed by atoms with Gasteiger partial charge < -0.3 is 26.3 Å². The molecule has 1 aromatic heterocycles. The molecule has 0 aliphatic carbocycles. The number of hydrogen-bond acceptors (Lipinski definition) is 9. The highest BCUT2D eigenvalue weighted by molar-refractivity contribution is 7.89. The Morgan fingerprint density at radius 1 is 0.716 bits per heavy atom. The molecule has 2 aliphatic rings. The molecule has 7 rings (SSSR count). The van der Waals surface area contributed by atoms with Crippen LogP contribution in [0.3, 0.4) is 0 Å². The van der Waals surface area contributed by atoms with E-state index in [1.165, 1.54) is 53.0 Å². The molecule has 67 heavy (non-hydrogen) atoms. The molecule has 1 atom stereocenters. The molecule has 20 heteroatoms. The summed E-state index contributed by atoms with van der Waals surface area (Å²) >= 11 is 5.83. The van der Waals surface area contributed by atoms with E-state index in [9.17, 15) is 44.4 Å². The van der Waals surface area contributed by atoms with Crippen molar-refractivity contribution in [2.45, 2.75) is 80.2 Å². The number of nitrogens with one attached hydrogen (secondary N) is 5. The van der Waals surface area contributed by atoms with E-state index in [4.69, 9.17) is 11.6 Å². The zero-order valence-electron chi connectivity index (χ0n) is 36.7. The number of hydrogen-bond donors (Lipinski definition) is 5. The van der Waals surface area contributed by atoms with Crippen LogP contribution in [-0.2, 0) is 39.3 Å². The Hall–Kier alpha value is -5.41. The molecule has 2 saturated heterocycles. The van der Waals surface area contributed by atoms with Gasteiger partial charge in [0, 0.05) is 73.8 Å². The highest BCUT2D eigenvalue weighted by Gasteiger charge is 2.33. The Bertz CT molecular complexity index is 2720. The summed E-state index contributed by atoms with van der Waals surface area (Å²) in [6, 6.07) is 27.0. The van der Waals surface area contributed by atoms with Gasteiger partial charge in [-0.15, -0.1) is 0 Å². The van der Waals surface area contributed by atoms with E-state index in [-0.39, 0.29) is 40.4 Å². The maximum Gasteiger partial charge on any atom is 0.416 e. The van der Waals surface area contributed by atoms with Gasteiger partial charge in [0.25, 0.3) is 17.4 Å². The maximum absolute atomic E-state index is 13.1. The Balaban J connectivity index is 0.000000224. The van der Waals surface area contributed by atoms with Gasteiger partial charge in [-0.05, 0) is 128 Å². The third kappa shape index (κ3) is 14.1. The summed E-state index contributed by atoms with van der Waals surface area (Å²) in [6.07, 6.45) is 1.56. The lowest BCUT2D eigenvalue weighted by Crippen LogP contribution is -2.45. The van der Waals surface area contributed by atoms with E-state index in [1.807, 2.05) is 0 Å². The molecule has 0 radical (unpaired) electrons. The molecule has 14 nitrogen and oxygen atoms in total. The van der Waals surface area contributed by atoms with Gasteiger partial charge in [-0.2, -0.15) is 21.8 Å². The first kappa shape index (κ1) is 51.0. The lowest BCUT2D eigenvalue weighted by Gasteiger charge is -2.31. The zero-order chi connectivity index (χ0) is 48.2. The van der Waals surface area contributed by atoms with E-state index < -0.39 is 43.3 Å². The van der Waals surface area contributed by atoms with E-state index >= 15 is 0 Å². The van der Waals surface area contributed by atoms with Crippen molar-refractivity contribution < 1.29 is 39.6 Å². The SMILES string of the molecule is CCCCNC1CCN(S(=O)(=O)c2ccc(CNC(=O)c3ccc[nH]c3=O)cc2)CC1.O=C(Nc1ccc(S(=O)(=O)N2CCC(NCc3ccc(C(F)(F)F)cc3)C2)cc1)c1ccc(Cl)cc1. The number of rotatable bonds is 16. The van der Waals surface area contributed by atoms with E-state index in [0.29, 0.717) is 60.5 Å². The minimum absolute atomic E-state index is 0.0364. The molecule has 358 valence electrons. The fourth-order valence-electron chi connectivity index (χ4n) is 7.44. The largest absolute Gasteiger partial charge is 0.416 e. The van der Waals surface area contributed by atoms with Crippen molar-refractivity contribution in [3.8, 4) is 0 Å². The third-order valence-corrected chi connectivity index (χ3v) is 15.4. The van der Waals surface area contributed by atoms with Crippen LogP contribution in [-0.4, -0.2) is 87.1 Å². The predicted octanol–water partition coefficient (Wildman–Crippen LogP) is 7.01. The normalized spacial score (nSPS) is 16.2. The molecule has 5 aromatic rings.